The fourth-order valence-electron chi connectivity index (χ4n) is 3.71. The number of nitro benzene ring substituents is 1. The highest BCUT2D eigenvalue weighted by Gasteiger charge is 2.24. The van der Waals surface area contributed by atoms with E-state index in [1.165, 1.54) is 17.2 Å². The van der Waals surface area contributed by atoms with Crippen LogP contribution in [0.3, 0.4) is 0 Å². The minimum Gasteiger partial charge on any atom is -0.363 e. The average molecular weight is 411 g/mol. The zero-order valence-corrected chi connectivity index (χ0v) is 17.7. The average Bonchev–Trinajstić information content (AvgIpc) is 2.74. The first-order chi connectivity index (χ1) is 14.4. The number of rotatable bonds is 8. The molecule has 0 radical (unpaired) electrons. The van der Waals surface area contributed by atoms with Crippen LogP contribution in [0.5, 0.6) is 0 Å². The Morgan fingerprint density at radius 1 is 1.07 bits per heavy atom. The highest BCUT2D eigenvalue weighted by molar-refractivity contribution is 5.78. The van der Waals surface area contributed by atoms with E-state index in [9.17, 15) is 14.9 Å². The number of carbonyl (C=O) groups excluding carboxylic acids is 1. The minimum absolute atomic E-state index is 0.0212. The van der Waals surface area contributed by atoms with E-state index in [0.29, 0.717) is 50.9 Å². The van der Waals surface area contributed by atoms with Crippen LogP contribution in [0.1, 0.15) is 30.9 Å². The number of hydrogen-bond acceptors (Lipinski definition) is 5. The van der Waals surface area contributed by atoms with E-state index in [1.54, 1.807) is 12.1 Å². The number of amides is 1. The van der Waals surface area contributed by atoms with Crippen molar-refractivity contribution < 1.29 is 9.72 Å². The summed E-state index contributed by atoms with van der Waals surface area (Å²) in [6.07, 6.45) is 0.815. The van der Waals surface area contributed by atoms with Gasteiger partial charge in [-0.1, -0.05) is 50.2 Å². The molecule has 0 bridgehead atoms. The highest BCUT2D eigenvalue weighted by Crippen LogP contribution is 2.28. The number of nitro groups is 1. The normalized spacial score (nSPS) is 14.7. The van der Waals surface area contributed by atoms with Crippen LogP contribution in [-0.4, -0.2) is 55.0 Å². The van der Waals surface area contributed by atoms with Crippen LogP contribution in [0.15, 0.2) is 48.5 Å². The summed E-state index contributed by atoms with van der Waals surface area (Å²) in [6.45, 7) is 8.08. The molecule has 1 saturated heterocycles. The molecule has 160 valence electrons. The first kappa shape index (κ1) is 21.8. The Hall–Kier alpha value is -2.93. The van der Waals surface area contributed by atoms with Crippen LogP contribution in [-0.2, 0) is 11.2 Å². The summed E-state index contributed by atoms with van der Waals surface area (Å²) in [7, 11) is 0. The van der Waals surface area contributed by atoms with Gasteiger partial charge in [0.15, 0.2) is 0 Å². The maximum absolute atomic E-state index is 12.3. The first-order valence-electron chi connectivity index (χ1n) is 10.5. The second kappa shape index (κ2) is 10.2. The predicted molar refractivity (Wildman–Crippen MR) is 119 cm³/mol. The molecule has 3 rings (SSSR count). The van der Waals surface area contributed by atoms with Gasteiger partial charge in [0.2, 0.25) is 5.91 Å². The van der Waals surface area contributed by atoms with Crippen LogP contribution >= 0.6 is 0 Å². The molecule has 2 aromatic rings. The molecule has 1 fully saturated rings. The molecule has 1 aliphatic rings. The molecule has 0 saturated carbocycles. The predicted octanol–water partition coefficient (Wildman–Crippen LogP) is 3.20. The first-order valence-corrected chi connectivity index (χ1v) is 10.5. The SMILES string of the molecule is CC(C)c1ccc(CCNC(=O)CN2CCN(c3ccccc3[N+](=O)[O-])CC2)cc1. The van der Waals surface area contributed by atoms with Crippen molar-refractivity contribution in [2.45, 2.75) is 26.2 Å². The second-order valence-electron chi connectivity index (χ2n) is 8.01. The number of benzene rings is 2. The molecule has 0 spiro atoms. The third-order valence-corrected chi connectivity index (χ3v) is 5.54. The van der Waals surface area contributed by atoms with Gasteiger partial charge < -0.3 is 10.2 Å². The lowest BCUT2D eigenvalue weighted by molar-refractivity contribution is -0.384. The van der Waals surface area contributed by atoms with Crippen molar-refractivity contribution in [3.05, 3.63) is 69.8 Å². The molecule has 1 aliphatic heterocycles. The number of nitrogens with one attached hydrogen (secondary N) is 1. The number of hydrogen-bond donors (Lipinski definition) is 1. The van der Waals surface area contributed by atoms with Gasteiger partial charge >= 0.3 is 0 Å². The molecule has 0 unspecified atom stereocenters. The van der Waals surface area contributed by atoms with Crippen molar-refractivity contribution in [1.82, 2.24) is 10.2 Å². The molecule has 2 aromatic carbocycles. The van der Waals surface area contributed by atoms with E-state index >= 15 is 0 Å². The zero-order valence-electron chi connectivity index (χ0n) is 17.7. The lowest BCUT2D eigenvalue weighted by atomic mass is 10.0. The van der Waals surface area contributed by atoms with Gasteiger partial charge in [0.25, 0.3) is 5.69 Å². The van der Waals surface area contributed by atoms with Crippen LogP contribution < -0.4 is 10.2 Å². The van der Waals surface area contributed by atoms with Gasteiger partial charge in [-0.05, 0) is 29.5 Å². The van der Waals surface area contributed by atoms with E-state index in [0.717, 1.165) is 6.42 Å². The van der Waals surface area contributed by atoms with E-state index in [4.69, 9.17) is 0 Å². The van der Waals surface area contributed by atoms with Crippen LogP contribution in [0, 0.1) is 10.1 Å². The van der Waals surface area contributed by atoms with E-state index in [-0.39, 0.29) is 16.5 Å². The quantitative estimate of drug-likeness (QED) is 0.534. The molecular weight excluding hydrogens is 380 g/mol. The van der Waals surface area contributed by atoms with Crippen LogP contribution in [0.25, 0.3) is 0 Å². The molecule has 30 heavy (non-hydrogen) atoms. The summed E-state index contributed by atoms with van der Waals surface area (Å²) in [5.74, 6) is 0.542. The van der Waals surface area contributed by atoms with Gasteiger partial charge in [0.1, 0.15) is 5.69 Å². The van der Waals surface area contributed by atoms with Crippen molar-refractivity contribution in [2.75, 3.05) is 44.2 Å². The Morgan fingerprint density at radius 2 is 1.73 bits per heavy atom. The summed E-state index contributed by atoms with van der Waals surface area (Å²) < 4.78 is 0. The monoisotopic (exact) mass is 410 g/mol. The van der Waals surface area contributed by atoms with Crippen molar-refractivity contribution in [2.24, 2.45) is 0 Å². The lowest BCUT2D eigenvalue weighted by Gasteiger charge is -2.35. The number of nitrogens with zero attached hydrogens (tertiary/aromatic N) is 3. The zero-order chi connectivity index (χ0) is 21.5. The minimum atomic E-state index is -0.342. The van der Waals surface area contributed by atoms with Crippen molar-refractivity contribution >= 4 is 17.3 Å². The summed E-state index contributed by atoms with van der Waals surface area (Å²) in [6, 6.07) is 15.4. The molecule has 0 atom stereocenters. The Kier molecular flexibility index (Phi) is 7.41. The second-order valence-corrected chi connectivity index (χ2v) is 8.01. The van der Waals surface area contributed by atoms with Crippen LogP contribution in [0.4, 0.5) is 11.4 Å². The summed E-state index contributed by atoms with van der Waals surface area (Å²) in [5.41, 5.74) is 3.32. The summed E-state index contributed by atoms with van der Waals surface area (Å²) >= 11 is 0. The molecule has 1 N–H and O–H groups in total. The molecule has 1 amide bonds. The Bertz CT molecular complexity index is 859. The fraction of sp³-hybridized carbons (Fsp3) is 0.435. The summed E-state index contributed by atoms with van der Waals surface area (Å²) in [4.78, 5) is 27.3. The number of carbonyl (C=O) groups is 1. The molecule has 7 nitrogen and oxygen atoms in total. The number of para-hydroxylation sites is 2. The molecule has 0 aliphatic carbocycles. The lowest BCUT2D eigenvalue weighted by Crippen LogP contribution is -2.49. The standard InChI is InChI=1S/C23H30N4O3/c1-18(2)20-9-7-19(8-10-20)11-12-24-23(28)17-25-13-15-26(16-14-25)21-5-3-4-6-22(21)27(29)30/h3-10,18H,11-17H2,1-2H3,(H,24,28). The van der Waals surface area contributed by atoms with Crippen molar-refractivity contribution in [3.63, 3.8) is 0 Å². The topological polar surface area (TPSA) is 78.7 Å². The Balaban J connectivity index is 1.41. The van der Waals surface area contributed by atoms with Gasteiger partial charge in [0, 0.05) is 38.8 Å². The van der Waals surface area contributed by atoms with Gasteiger partial charge in [-0.2, -0.15) is 0 Å². The van der Waals surface area contributed by atoms with Gasteiger partial charge in [-0.15, -0.1) is 0 Å². The van der Waals surface area contributed by atoms with Crippen LogP contribution in [0.2, 0.25) is 0 Å². The number of anilines is 1. The van der Waals surface area contributed by atoms with Crippen molar-refractivity contribution in [3.8, 4) is 0 Å². The maximum Gasteiger partial charge on any atom is 0.292 e. The third-order valence-electron chi connectivity index (χ3n) is 5.54. The van der Waals surface area contributed by atoms with E-state index in [2.05, 4.69) is 48.3 Å². The highest BCUT2D eigenvalue weighted by atomic mass is 16.6. The Morgan fingerprint density at radius 3 is 2.37 bits per heavy atom. The molecular formula is C23H30N4O3. The largest absolute Gasteiger partial charge is 0.363 e. The smallest absolute Gasteiger partial charge is 0.292 e. The molecule has 7 heteroatoms. The molecule has 0 aromatic heterocycles. The van der Waals surface area contributed by atoms with Crippen molar-refractivity contribution in [1.29, 1.82) is 0 Å². The maximum atomic E-state index is 12.3. The van der Waals surface area contributed by atoms with Gasteiger partial charge in [-0.25, -0.2) is 0 Å². The Labute approximate surface area is 177 Å². The van der Waals surface area contributed by atoms with Gasteiger partial charge in [-0.3, -0.25) is 19.8 Å². The van der Waals surface area contributed by atoms with E-state index < -0.39 is 0 Å². The summed E-state index contributed by atoms with van der Waals surface area (Å²) in [5, 5.41) is 14.2. The third kappa shape index (κ3) is 5.79. The van der Waals surface area contributed by atoms with Gasteiger partial charge in [0.05, 0.1) is 11.5 Å². The van der Waals surface area contributed by atoms with E-state index in [1.807, 2.05) is 11.0 Å². The molecule has 1 heterocycles. The fourth-order valence-corrected chi connectivity index (χ4v) is 3.71. The number of piperazine rings is 1.